The van der Waals surface area contributed by atoms with Crippen molar-refractivity contribution >= 4 is 17.6 Å². The molecule has 0 aliphatic carbocycles. The Morgan fingerprint density at radius 3 is 3.05 bits per heavy atom. The first kappa shape index (κ1) is 15.1. The number of carboxylic acids is 1. The minimum absolute atomic E-state index is 0.258. The van der Waals surface area contributed by atoms with E-state index in [0.29, 0.717) is 5.92 Å². The van der Waals surface area contributed by atoms with Crippen molar-refractivity contribution < 1.29 is 14.6 Å². The molecule has 1 heterocycles. The highest BCUT2D eigenvalue weighted by Crippen LogP contribution is 2.30. The van der Waals surface area contributed by atoms with E-state index in [1.165, 1.54) is 0 Å². The number of rotatable bonds is 6. The van der Waals surface area contributed by atoms with Gasteiger partial charge in [0.05, 0.1) is 7.11 Å². The molecule has 1 aromatic carbocycles. The van der Waals surface area contributed by atoms with Crippen molar-refractivity contribution in [3.8, 4) is 5.75 Å². The highest BCUT2D eigenvalue weighted by molar-refractivity contribution is 6.31. The van der Waals surface area contributed by atoms with E-state index in [2.05, 4.69) is 4.90 Å². The Bertz CT molecular complexity index is 478. The minimum Gasteiger partial charge on any atom is -0.496 e. The number of methoxy groups -OCH3 is 1. The SMILES string of the molecule is COc1cccc(Cl)c1CN1CCC(CCC(=O)O)C1. The summed E-state index contributed by atoms with van der Waals surface area (Å²) in [7, 11) is 1.65. The van der Waals surface area contributed by atoms with Crippen molar-refractivity contribution in [2.24, 2.45) is 5.92 Å². The van der Waals surface area contributed by atoms with Crippen molar-refractivity contribution in [3.05, 3.63) is 28.8 Å². The van der Waals surface area contributed by atoms with Crippen LogP contribution in [0.5, 0.6) is 5.75 Å². The fourth-order valence-corrected chi connectivity index (χ4v) is 2.95. The lowest BCUT2D eigenvalue weighted by Crippen LogP contribution is -2.21. The number of halogens is 1. The first-order chi connectivity index (χ1) is 9.60. The van der Waals surface area contributed by atoms with Gasteiger partial charge in [0.2, 0.25) is 0 Å². The normalized spacial score (nSPS) is 19.2. The Kier molecular flexibility index (Phi) is 5.26. The second-order valence-corrected chi connectivity index (χ2v) is 5.65. The summed E-state index contributed by atoms with van der Waals surface area (Å²) >= 11 is 6.24. The first-order valence-electron chi connectivity index (χ1n) is 6.85. The molecule has 110 valence electrons. The number of aliphatic carboxylic acids is 1. The van der Waals surface area contributed by atoms with Crippen LogP contribution in [0.25, 0.3) is 0 Å². The van der Waals surface area contributed by atoms with Crippen molar-refractivity contribution in [1.82, 2.24) is 4.90 Å². The fraction of sp³-hybridized carbons (Fsp3) is 0.533. The monoisotopic (exact) mass is 297 g/mol. The van der Waals surface area contributed by atoms with Gasteiger partial charge in [-0.15, -0.1) is 0 Å². The van der Waals surface area contributed by atoms with Crippen LogP contribution in [-0.2, 0) is 11.3 Å². The zero-order valence-corrected chi connectivity index (χ0v) is 12.4. The van der Waals surface area contributed by atoms with Crippen molar-refractivity contribution in [2.45, 2.75) is 25.8 Å². The Morgan fingerprint density at radius 1 is 1.55 bits per heavy atom. The molecule has 20 heavy (non-hydrogen) atoms. The van der Waals surface area contributed by atoms with E-state index in [-0.39, 0.29) is 6.42 Å². The van der Waals surface area contributed by atoms with Gasteiger partial charge >= 0.3 is 5.97 Å². The van der Waals surface area contributed by atoms with Crippen molar-refractivity contribution in [3.63, 3.8) is 0 Å². The van der Waals surface area contributed by atoms with E-state index in [1.54, 1.807) is 7.11 Å². The maximum Gasteiger partial charge on any atom is 0.303 e. The molecule has 1 atom stereocenters. The topological polar surface area (TPSA) is 49.8 Å². The highest BCUT2D eigenvalue weighted by atomic mass is 35.5. The van der Waals surface area contributed by atoms with Crippen LogP contribution in [0.3, 0.4) is 0 Å². The zero-order chi connectivity index (χ0) is 14.5. The molecule has 2 rings (SSSR count). The standard InChI is InChI=1S/C15H20ClNO3/c1-20-14-4-2-3-13(16)12(14)10-17-8-7-11(9-17)5-6-15(18)19/h2-4,11H,5-10H2,1H3,(H,18,19). The first-order valence-corrected chi connectivity index (χ1v) is 7.23. The molecule has 1 aromatic rings. The van der Waals surface area contributed by atoms with Gasteiger partial charge < -0.3 is 9.84 Å². The lowest BCUT2D eigenvalue weighted by atomic mass is 10.0. The summed E-state index contributed by atoms with van der Waals surface area (Å²) in [5.74, 6) is 0.572. The lowest BCUT2D eigenvalue weighted by molar-refractivity contribution is -0.137. The molecule has 0 aromatic heterocycles. The number of ether oxygens (including phenoxy) is 1. The van der Waals surface area contributed by atoms with Gasteiger partial charge in [0.25, 0.3) is 0 Å². The van der Waals surface area contributed by atoms with Gasteiger partial charge in [0.15, 0.2) is 0 Å². The summed E-state index contributed by atoms with van der Waals surface area (Å²) in [4.78, 5) is 12.9. The summed E-state index contributed by atoms with van der Waals surface area (Å²) in [6.07, 6.45) is 2.07. The van der Waals surface area contributed by atoms with E-state index < -0.39 is 5.97 Å². The van der Waals surface area contributed by atoms with Crippen LogP contribution in [0.4, 0.5) is 0 Å². The largest absolute Gasteiger partial charge is 0.496 e. The number of hydrogen-bond acceptors (Lipinski definition) is 3. The molecular weight excluding hydrogens is 278 g/mol. The summed E-state index contributed by atoms with van der Waals surface area (Å²) < 4.78 is 5.35. The van der Waals surface area contributed by atoms with Gasteiger partial charge in [-0.25, -0.2) is 0 Å². The predicted octanol–water partition coefficient (Wildman–Crippen LogP) is 3.04. The predicted molar refractivity (Wildman–Crippen MR) is 78.3 cm³/mol. The molecule has 0 amide bonds. The molecule has 0 radical (unpaired) electrons. The molecular formula is C15H20ClNO3. The Labute approximate surface area is 124 Å². The fourth-order valence-electron chi connectivity index (χ4n) is 2.73. The second kappa shape index (κ2) is 6.95. The average molecular weight is 298 g/mol. The molecule has 1 fully saturated rings. The third kappa shape index (κ3) is 3.87. The number of hydrogen-bond donors (Lipinski definition) is 1. The minimum atomic E-state index is -0.712. The molecule has 1 aliphatic heterocycles. The molecule has 1 saturated heterocycles. The van der Waals surface area contributed by atoms with Crippen LogP contribution < -0.4 is 4.74 Å². The highest BCUT2D eigenvalue weighted by Gasteiger charge is 2.24. The maximum atomic E-state index is 10.6. The van der Waals surface area contributed by atoms with Crippen LogP contribution in [0.2, 0.25) is 5.02 Å². The molecule has 0 bridgehead atoms. The van der Waals surface area contributed by atoms with Gasteiger partial charge in [0, 0.05) is 30.1 Å². The van der Waals surface area contributed by atoms with Crippen LogP contribution in [-0.4, -0.2) is 36.2 Å². The van der Waals surface area contributed by atoms with E-state index in [1.807, 2.05) is 18.2 Å². The third-order valence-corrected chi connectivity index (χ3v) is 4.17. The van der Waals surface area contributed by atoms with Gasteiger partial charge in [-0.05, 0) is 37.4 Å². The molecule has 1 N–H and O–H groups in total. The second-order valence-electron chi connectivity index (χ2n) is 5.24. The number of benzene rings is 1. The smallest absolute Gasteiger partial charge is 0.303 e. The Balaban J connectivity index is 1.94. The zero-order valence-electron chi connectivity index (χ0n) is 11.6. The summed E-state index contributed by atoms with van der Waals surface area (Å²) in [6.45, 7) is 2.67. The number of nitrogens with zero attached hydrogens (tertiary/aromatic N) is 1. The number of carbonyl (C=O) groups is 1. The molecule has 0 spiro atoms. The molecule has 1 unspecified atom stereocenters. The van der Waals surface area contributed by atoms with Gasteiger partial charge in [-0.1, -0.05) is 17.7 Å². The summed E-state index contributed by atoms with van der Waals surface area (Å²) in [6, 6.07) is 5.67. The van der Waals surface area contributed by atoms with Crippen LogP contribution in [0.15, 0.2) is 18.2 Å². The Hall–Kier alpha value is -1.26. The lowest BCUT2D eigenvalue weighted by Gasteiger charge is -2.18. The van der Waals surface area contributed by atoms with E-state index in [4.69, 9.17) is 21.4 Å². The van der Waals surface area contributed by atoms with Crippen LogP contribution in [0.1, 0.15) is 24.8 Å². The van der Waals surface area contributed by atoms with Crippen LogP contribution >= 0.6 is 11.6 Å². The van der Waals surface area contributed by atoms with Crippen molar-refractivity contribution in [1.29, 1.82) is 0 Å². The maximum absolute atomic E-state index is 10.6. The summed E-state index contributed by atoms with van der Waals surface area (Å²) in [5.41, 5.74) is 1.01. The molecule has 5 heteroatoms. The van der Waals surface area contributed by atoms with Gasteiger partial charge in [0.1, 0.15) is 5.75 Å². The molecule has 4 nitrogen and oxygen atoms in total. The van der Waals surface area contributed by atoms with Crippen LogP contribution in [0, 0.1) is 5.92 Å². The average Bonchev–Trinajstić information content (AvgIpc) is 2.86. The quantitative estimate of drug-likeness (QED) is 0.877. The van der Waals surface area contributed by atoms with Gasteiger partial charge in [-0.3, -0.25) is 9.69 Å². The number of likely N-dealkylation sites (tertiary alicyclic amines) is 1. The number of carboxylic acid groups (broad SMARTS) is 1. The van der Waals surface area contributed by atoms with Gasteiger partial charge in [-0.2, -0.15) is 0 Å². The summed E-state index contributed by atoms with van der Waals surface area (Å²) in [5, 5.41) is 9.45. The molecule has 0 saturated carbocycles. The van der Waals surface area contributed by atoms with Crippen molar-refractivity contribution in [2.75, 3.05) is 20.2 Å². The third-order valence-electron chi connectivity index (χ3n) is 3.81. The van der Waals surface area contributed by atoms with E-state index >= 15 is 0 Å². The molecule has 1 aliphatic rings. The van der Waals surface area contributed by atoms with E-state index in [9.17, 15) is 4.79 Å². The Morgan fingerprint density at radius 2 is 2.35 bits per heavy atom. The van der Waals surface area contributed by atoms with E-state index in [0.717, 1.165) is 48.8 Å².